The van der Waals surface area contributed by atoms with Crippen LogP contribution in [0.1, 0.15) is 56.4 Å². The third-order valence-electron chi connectivity index (χ3n) is 6.08. The summed E-state index contributed by atoms with van der Waals surface area (Å²) in [5.74, 6) is 0.958. The highest BCUT2D eigenvalue weighted by atomic mass is 16.5. The second kappa shape index (κ2) is 8.47. The van der Waals surface area contributed by atoms with Gasteiger partial charge in [-0.3, -0.25) is 9.59 Å². The Balaban J connectivity index is 1.24. The molecular weight excluding hydrogens is 358 g/mol. The van der Waals surface area contributed by atoms with Crippen LogP contribution in [-0.4, -0.2) is 46.6 Å². The molecule has 4 atom stereocenters. The fourth-order valence-corrected chi connectivity index (χ4v) is 4.87. The Hall–Kier alpha value is -2.15. The molecule has 1 aromatic heterocycles. The van der Waals surface area contributed by atoms with Crippen molar-refractivity contribution in [3.63, 3.8) is 0 Å². The second-order valence-corrected chi connectivity index (χ2v) is 8.25. The van der Waals surface area contributed by atoms with E-state index in [9.17, 15) is 9.59 Å². The van der Waals surface area contributed by atoms with Crippen LogP contribution in [0, 0.1) is 12.8 Å². The topological polar surface area (TPSA) is 84.7 Å². The SMILES string of the molecule is Cc1cc(COCC(=O)NC2C[C@H]3CC[C@@H](C2)N3C(=O)C2C=CCCC2)no1. The molecule has 1 N–H and O–H groups in total. The highest BCUT2D eigenvalue weighted by molar-refractivity contribution is 5.82. The van der Waals surface area contributed by atoms with Gasteiger partial charge >= 0.3 is 0 Å². The first-order valence-corrected chi connectivity index (χ1v) is 10.4. The number of nitrogens with zero attached hydrogens (tertiary/aromatic N) is 2. The number of carbonyl (C=O) groups is 2. The average molecular weight is 387 g/mol. The van der Waals surface area contributed by atoms with E-state index in [1.54, 1.807) is 6.07 Å². The number of amides is 2. The molecular formula is C21H29N3O4. The third kappa shape index (κ3) is 4.29. The van der Waals surface area contributed by atoms with Gasteiger partial charge in [-0.15, -0.1) is 0 Å². The molecule has 0 aromatic carbocycles. The lowest BCUT2D eigenvalue weighted by Crippen LogP contribution is -2.54. The summed E-state index contributed by atoms with van der Waals surface area (Å²) in [7, 11) is 0. The van der Waals surface area contributed by atoms with E-state index in [-0.39, 0.29) is 43.2 Å². The zero-order valence-corrected chi connectivity index (χ0v) is 16.4. The van der Waals surface area contributed by atoms with Crippen molar-refractivity contribution in [3.8, 4) is 0 Å². The molecule has 2 fully saturated rings. The van der Waals surface area contributed by atoms with Crippen molar-refractivity contribution in [1.29, 1.82) is 0 Å². The van der Waals surface area contributed by atoms with Crippen molar-refractivity contribution >= 4 is 11.8 Å². The van der Waals surface area contributed by atoms with E-state index >= 15 is 0 Å². The van der Waals surface area contributed by atoms with Crippen LogP contribution in [0.5, 0.6) is 0 Å². The van der Waals surface area contributed by atoms with Gasteiger partial charge in [0.1, 0.15) is 18.1 Å². The average Bonchev–Trinajstić information content (AvgIpc) is 3.22. The lowest BCUT2D eigenvalue weighted by Gasteiger charge is -2.40. The largest absolute Gasteiger partial charge is 0.365 e. The van der Waals surface area contributed by atoms with Gasteiger partial charge in [0.25, 0.3) is 0 Å². The fraction of sp³-hybridized carbons (Fsp3) is 0.667. The van der Waals surface area contributed by atoms with Gasteiger partial charge in [-0.2, -0.15) is 0 Å². The molecule has 2 aliphatic heterocycles. The number of allylic oxidation sites excluding steroid dienone is 1. The Labute approximate surface area is 165 Å². The molecule has 152 valence electrons. The first-order valence-electron chi connectivity index (χ1n) is 10.4. The minimum absolute atomic E-state index is 0.00720. The quantitative estimate of drug-likeness (QED) is 0.758. The maximum absolute atomic E-state index is 13.0. The van der Waals surface area contributed by atoms with Crippen molar-refractivity contribution in [3.05, 3.63) is 29.7 Å². The Morgan fingerprint density at radius 3 is 2.71 bits per heavy atom. The van der Waals surface area contributed by atoms with Crippen LogP contribution < -0.4 is 5.32 Å². The molecule has 0 saturated carbocycles. The van der Waals surface area contributed by atoms with Crippen LogP contribution in [0.15, 0.2) is 22.7 Å². The Morgan fingerprint density at radius 1 is 1.29 bits per heavy atom. The molecule has 1 aromatic rings. The summed E-state index contributed by atoms with van der Waals surface area (Å²) in [6.45, 7) is 2.09. The first kappa shape index (κ1) is 19.2. The molecule has 2 bridgehead atoms. The van der Waals surface area contributed by atoms with Crippen molar-refractivity contribution in [2.24, 2.45) is 5.92 Å². The van der Waals surface area contributed by atoms with Gasteiger partial charge in [-0.1, -0.05) is 17.3 Å². The monoisotopic (exact) mass is 387 g/mol. The molecule has 2 saturated heterocycles. The van der Waals surface area contributed by atoms with Crippen LogP contribution in [0.2, 0.25) is 0 Å². The third-order valence-corrected chi connectivity index (χ3v) is 6.08. The molecule has 7 nitrogen and oxygen atoms in total. The Morgan fingerprint density at radius 2 is 2.07 bits per heavy atom. The molecule has 4 rings (SSSR count). The summed E-state index contributed by atoms with van der Waals surface area (Å²) >= 11 is 0. The lowest BCUT2D eigenvalue weighted by atomic mass is 9.91. The smallest absolute Gasteiger partial charge is 0.246 e. The summed E-state index contributed by atoms with van der Waals surface area (Å²) in [6, 6.07) is 2.43. The number of carbonyl (C=O) groups excluding carboxylic acids is 2. The zero-order chi connectivity index (χ0) is 19.5. The normalized spacial score (nSPS) is 29.1. The molecule has 28 heavy (non-hydrogen) atoms. The van der Waals surface area contributed by atoms with E-state index in [1.807, 2.05) is 6.92 Å². The van der Waals surface area contributed by atoms with Crippen LogP contribution in [0.3, 0.4) is 0 Å². The molecule has 0 spiro atoms. The summed E-state index contributed by atoms with van der Waals surface area (Å²) in [6.07, 6.45) is 11.1. The number of aryl methyl sites for hydroxylation is 1. The minimum Gasteiger partial charge on any atom is -0.365 e. The van der Waals surface area contributed by atoms with E-state index < -0.39 is 0 Å². The van der Waals surface area contributed by atoms with E-state index in [0.717, 1.165) is 50.7 Å². The van der Waals surface area contributed by atoms with Gasteiger partial charge in [0.2, 0.25) is 11.8 Å². The molecule has 1 aliphatic carbocycles. The van der Waals surface area contributed by atoms with Crippen molar-refractivity contribution in [2.45, 2.75) is 76.6 Å². The number of aromatic nitrogens is 1. The number of fused-ring (bicyclic) bond motifs is 2. The maximum atomic E-state index is 13.0. The van der Waals surface area contributed by atoms with E-state index in [1.165, 1.54) is 0 Å². The van der Waals surface area contributed by atoms with E-state index in [0.29, 0.717) is 11.6 Å². The number of hydrogen-bond acceptors (Lipinski definition) is 5. The van der Waals surface area contributed by atoms with Crippen molar-refractivity contribution < 1.29 is 18.8 Å². The summed E-state index contributed by atoms with van der Waals surface area (Å²) in [5, 5.41) is 6.94. The zero-order valence-electron chi connectivity index (χ0n) is 16.4. The number of ether oxygens (including phenoxy) is 1. The molecule has 0 radical (unpaired) electrons. The molecule has 2 amide bonds. The number of rotatable bonds is 6. The fourth-order valence-electron chi connectivity index (χ4n) is 4.87. The van der Waals surface area contributed by atoms with Crippen LogP contribution in [0.4, 0.5) is 0 Å². The van der Waals surface area contributed by atoms with Crippen molar-refractivity contribution in [2.75, 3.05) is 6.61 Å². The maximum Gasteiger partial charge on any atom is 0.246 e. The van der Waals surface area contributed by atoms with Gasteiger partial charge in [0.05, 0.1) is 12.5 Å². The lowest BCUT2D eigenvalue weighted by molar-refractivity contribution is -0.139. The highest BCUT2D eigenvalue weighted by Gasteiger charge is 2.44. The van der Waals surface area contributed by atoms with Gasteiger partial charge < -0.3 is 19.5 Å². The van der Waals surface area contributed by atoms with Crippen LogP contribution in [-0.2, 0) is 20.9 Å². The summed E-state index contributed by atoms with van der Waals surface area (Å²) in [4.78, 5) is 27.3. The summed E-state index contributed by atoms with van der Waals surface area (Å²) < 4.78 is 10.4. The van der Waals surface area contributed by atoms with Gasteiger partial charge in [-0.05, 0) is 51.9 Å². The Kier molecular flexibility index (Phi) is 5.80. The first-order chi connectivity index (χ1) is 13.6. The summed E-state index contributed by atoms with van der Waals surface area (Å²) in [5.41, 5.74) is 0.687. The molecule has 2 unspecified atom stereocenters. The number of piperidine rings is 1. The van der Waals surface area contributed by atoms with Gasteiger partial charge in [0.15, 0.2) is 0 Å². The van der Waals surface area contributed by atoms with E-state index in [4.69, 9.17) is 9.26 Å². The number of hydrogen-bond donors (Lipinski definition) is 1. The van der Waals surface area contributed by atoms with Crippen LogP contribution in [0.25, 0.3) is 0 Å². The molecule has 3 heterocycles. The van der Waals surface area contributed by atoms with Crippen LogP contribution >= 0.6 is 0 Å². The standard InChI is InChI=1S/C21H29N3O4/c1-14-9-17(23-28-14)12-27-13-20(25)22-16-10-18-7-8-19(11-16)24(18)21(26)15-5-3-2-4-6-15/h3,5,9,15-16,18-19H,2,4,6-8,10-13H2,1H3,(H,22,25)/t15?,16?,18-,19+. The van der Waals surface area contributed by atoms with Gasteiger partial charge in [-0.25, -0.2) is 0 Å². The predicted molar refractivity (Wildman–Crippen MR) is 102 cm³/mol. The van der Waals surface area contributed by atoms with E-state index in [2.05, 4.69) is 27.5 Å². The van der Waals surface area contributed by atoms with Gasteiger partial charge in [0, 0.05) is 24.2 Å². The predicted octanol–water partition coefficient (Wildman–Crippen LogP) is 2.49. The molecule has 3 aliphatic rings. The molecule has 7 heteroatoms. The highest BCUT2D eigenvalue weighted by Crippen LogP contribution is 2.37. The Bertz CT molecular complexity index is 730. The minimum atomic E-state index is -0.111. The number of nitrogens with one attached hydrogen (secondary N) is 1. The second-order valence-electron chi connectivity index (χ2n) is 8.25. The van der Waals surface area contributed by atoms with Crippen molar-refractivity contribution in [1.82, 2.24) is 15.4 Å².